The lowest BCUT2D eigenvalue weighted by Crippen LogP contribution is -2.24. The molecule has 8 heteroatoms. The number of halogens is 2. The van der Waals surface area contributed by atoms with Crippen LogP contribution in [0.15, 0.2) is 30.3 Å². The van der Waals surface area contributed by atoms with E-state index in [0.717, 1.165) is 6.42 Å². The minimum absolute atomic E-state index is 0.0608. The van der Waals surface area contributed by atoms with Crippen molar-refractivity contribution in [3.8, 4) is 17.2 Å². The molecule has 3 N–H and O–H groups in total. The second-order valence-electron chi connectivity index (χ2n) is 5.50. The minimum Gasteiger partial charge on any atom is -0.507 e. The van der Waals surface area contributed by atoms with Crippen molar-refractivity contribution in [3.05, 3.63) is 51.5 Å². The van der Waals surface area contributed by atoms with Crippen LogP contribution < -0.4 is 10.1 Å². The summed E-state index contributed by atoms with van der Waals surface area (Å²) >= 11 is 12.3. The lowest BCUT2D eigenvalue weighted by molar-refractivity contribution is -0.136. The first-order valence-corrected chi connectivity index (χ1v) is 8.56. The number of aromatic hydroxyl groups is 1. The number of carbonyl (C=O) groups excluding carboxylic acids is 1. The van der Waals surface area contributed by atoms with Crippen LogP contribution in [0.2, 0.25) is 10.0 Å². The van der Waals surface area contributed by atoms with Gasteiger partial charge in [0.25, 0.3) is 5.91 Å². The smallest absolute Gasteiger partial charge is 0.307 e. The average molecular weight is 398 g/mol. The summed E-state index contributed by atoms with van der Waals surface area (Å²) in [7, 11) is 0. The molecular formula is C18H17Cl2NO5. The summed E-state index contributed by atoms with van der Waals surface area (Å²) in [5, 5.41) is 21.7. The van der Waals surface area contributed by atoms with Gasteiger partial charge < -0.3 is 20.3 Å². The van der Waals surface area contributed by atoms with E-state index in [1.807, 2.05) is 6.92 Å². The monoisotopic (exact) mass is 397 g/mol. The number of amides is 1. The molecule has 138 valence electrons. The molecule has 2 rings (SSSR count). The van der Waals surface area contributed by atoms with Gasteiger partial charge in [-0.25, -0.2) is 0 Å². The van der Waals surface area contributed by atoms with Crippen molar-refractivity contribution in [1.29, 1.82) is 0 Å². The highest BCUT2D eigenvalue weighted by Gasteiger charge is 2.16. The van der Waals surface area contributed by atoms with Crippen LogP contribution in [0.5, 0.6) is 17.2 Å². The number of carboxylic acids is 1. The minimum atomic E-state index is -1.01. The zero-order chi connectivity index (χ0) is 19.3. The van der Waals surface area contributed by atoms with E-state index in [0.29, 0.717) is 12.1 Å². The number of nitrogens with one attached hydrogen (secondary N) is 1. The summed E-state index contributed by atoms with van der Waals surface area (Å²) in [6.45, 7) is 2.39. The van der Waals surface area contributed by atoms with E-state index in [-0.39, 0.29) is 39.3 Å². The van der Waals surface area contributed by atoms with E-state index in [2.05, 4.69) is 5.32 Å². The molecule has 1 amide bonds. The Kier molecular flexibility index (Phi) is 6.71. The first kappa shape index (κ1) is 19.9. The molecule has 0 atom stereocenters. The van der Waals surface area contributed by atoms with Gasteiger partial charge >= 0.3 is 5.97 Å². The molecule has 0 aromatic heterocycles. The molecule has 2 aromatic carbocycles. The third kappa shape index (κ3) is 5.03. The number of phenolic OH excluding ortho intramolecular Hbond substituents is 1. The van der Waals surface area contributed by atoms with Crippen molar-refractivity contribution in [1.82, 2.24) is 5.32 Å². The number of ether oxygens (including phenoxy) is 1. The van der Waals surface area contributed by atoms with Crippen LogP contribution in [0.4, 0.5) is 0 Å². The quantitative estimate of drug-likeness (QED) is 0.648. The fourth-order valence-electron chi connectivity index (χ4n) is 2.20. The molecule has 0 heterocycles. The molecule has 0 aliphatic heterocycles. The summed E-state index contributed by atoms with van der Waals surface area (Å²) in [4.78, 5) is 22.9. The zero-order valence-corrected chi connectivity index (χ0v) is 15.4. The van der Waals surface area contributed by atoms with Crippen molar-refractivity contribution in [2.24, 2.45) is 0 Å². The van der Waals surface area contributed by atoms with Crippen LogP contribution >= 0.6 is 23.2 Å². The van der Waals surface area contributed by atoms with E-state index in [9.17, 15) is 14.7 Å². The summed E-state index contributed by atoms with van der Waals surface area (Å²) in [5.41, 5.74) is 0.496. The Balaban J connectivity index is 2.28. The van der Waals surface area contributed by atoms with Crippen molar-refractivity contribution < 1.29 is 24.5 Å². The third-order valence-electron chi connectivity index (χ3n) is 3.38. The zero-order valence-electron chi connectivity index (χ0n) is 13.9. The molecule has 0 radical (unpaired) electrons. The Morgan fingerprint density at radius 3 is 2.38 bits per heavy atom. The van der Waals surface area contributed by atoms with Gasteiger partial charge in [-0.15, -0.1) is 0 Å². The maximum Gasteiger partial charge on any atom is 0.307 e. The van der Waals surface area contributed by atoms with Gasteiger partial charge in [0.2, 0.25) is 0 Å². The van der Waals surface area contributed by atoms with Gasteiger partial charge in [-0.05, 0) is 42.3 Å². The van der Waals surface area contributed by atoms with Gasteiger partial charge in [-0.3, -0.25) is 9.59 Å². The van der Waals surface area contributed by atoms with E-state index in [1.165, 1.54) is 30.3 Å². The van der Waals surface area contributed by atoms with Crippen molar-refractivity contribution >= 4 is 35.1 Å². The molecule has 0 saturated carbocycles. The van der Waals surface area contributed by atoms with Crippen LogP contribution in [-0.4, -0.2) is 28.6 Å². The Bertz CT molecular complexity index is 815. The van der Waals surface area contributed by atoms with Crippen LogP contribution in [-0.2, 0) is 11.2 Å². The van der Waals surface area contributed by atoms with Crippen molar-refractivity contribution in [2.75, 3.05) is 6.54 Å². The Morgan fingerprint density at radius 2 is 1.81 bits per heavy atom. The van der Waals surface area contributed by atoms with Gasteiger partial charge in [0.1, 0.15) is 11.5 Å². The standard InChI is InChI=1S/C18H17Cl2NO5/c1-2-5-21-18(25)12-9-11(3-4-15(12)22)26-17-13(19)6-10(7-14(17)20)8-16(23)24/h3-4,6-7,9,22H,2,5,8H2,1H3,(H,21,25)(H,23,24). The van der Waals surface area contributed by atoms with Crippen molar-refractivity contribution in [3.63, 3.8) is 0 Å². The van der Waals surface area contributed by atoms with Crippen LogP contribution in [0.3, 0.4) is 0 Å². The largest absolute Gasteiger partial charge is 0.507 e. The van der Waals surface area contributed by atoms with Gasteiger partial charge in [-0.2, -0.15) is 0 Å². The number of aliphatic carboxylic acids is 1. The van der Waals surface area contributed by atoms with Crippen LogP contribution in [0.1, 0.15) is 29.3 Å². The summed E-state index contributed by atoms with van der Waals surface area (Å²) in [6.07, 6.45) is 0.539. The fourth-order valence-corrected chi connectivity index (χ4v) is 2.81. The highest BCUT2D eigenvalue weighted by Crippen LogP contribution is 2.38. The number of benzene rings is 2. The summed E-state index contributed by atoms with van der Waals surface area (Å²) in [5.74, 6) is -1.23. The first-order valence-electron chi connectivity index (χ1n) is 7.80. The molecule has 0 bridgehead atoms. The maximum absolute atomic E-state index is 12.1. The Labute approximate surface area is 160 Å². The lowest BCUT2D eigenvalue weighted by Gasteiger charge is -2.13. The number of carbonyl (C=O) groups is 2. The summed E-state index contributed by atoms with van der Waals surface area (Å²) < 4.78 is 5.65. The average Bonchev–Trinajstić information content (AvgIpc) is 2.56. The molecule has 6 nitrogen and oxygen atoms in total. The predicted molar refractivity (Wildman–Crippen MR) is 98.6 cm³/mol. The predicted octanol–water partition coefficient (Wildman–Crippen LogP) is 4.26. The Hall–Kier alpha value is -2.44. The molecule has 0 unspecified atom stereocenters. The number of hydrogen-bond acceptors (Lipinski definition) is 4. The molecule has 0 spiro atoms. The molecule has 2 aromatic rings. The normalized spacial score (nSPS) is 10.4. The molecule has 0 aliphatic rings. The van der Waals surface area contributed by atoms with Crippen LogP contribution in [0, 0.1) is 0 Å². The number of phenols is 1. The first-order chi connectivity index (χ1) is 12.3. The van der Waals surface area contributed by atoms with Gasteiger partial charge in [0.05, 0.1) is 22.0 Å². The Morgan fingerprint density at radius 1 is 1.15 bits per heavy atom. The topological polar surface area (TPSA) is 95.9 Å². The molecule has 0 fully saturated rings. The van der Waals surface area contributed by atoms with Gasteiger partial charge in [0.15, 0.2) is 5.75 Å². The van der Waals surface area contributed by atoms with E-state index in [1.54, 1.807) is 0 Å². The van der Waals surface area contributed by atoms with Crippen molar-refractivity contribution in [2.45, 2.75) is 19.8 Å². The highest BCUT2D eigenvalue weighted by atomic mass is 35.5. The fraction of sp³-hybridized carbons (Fsp3) is 0.222. The SMILES string of the molecule is CCCNC(=O)c1cc(Oc2c(Cl)cc(CC(=O)O)cc2Cl)ccc1O. The molecule has 0 aliphatic carbocycles. The summed E-state index contributed by atoms with van der Waals surface area (Å²) in [6, 6.07) is 7.07. The second kappa shape index (κ2) is 8.78. The molecular weight excluding hydrogens is 381 g/mol. The van der Waals surface area contributed by atoms with Crippen LogP contribution in [0.25, 0.3) is 0 Å². The van der Waals surface area contributed by atoms with Gasteiger partial charge in [0, 0.05) is 6.54 Å². The molecule has 26 heavy (non-hydrogen) atoms. The third-order valence-corrected chi connectivity index (χ3v) is 3.94. The highest BCUT2D eigenvalue weighted by molar-refractivity contribution is 6.37. The number of carboxylic acid groups (broad SMARTS) is 1. The number of hydrogen-bond donors (Lipinski definition) is 3. The van der Waals surface area contributed by atoms with E-state index >= 15 is 0 Å². The van der Waals surface area contributed by atoms with E-state index < -0.39 is 11.9 Å². The van der Waals surface area contributed by atoms with Gasteiger partial charge in [-0.1, -0.05) is 30.1 Å². The maximum atomic E-state index is 12.1. The molecule has 0 saturated heterocycles. The number of rotatable bonds is 7. The lowest BCUT2D eigenvalue weighted by atomic mass is 10.1. The second-order valence-corrected chi connectivity index (χ2v) is 6.31. The van der Waals surface area contributed by atoms with E-state index in [4.69, 9.17) is 33.0 Å².